The summed E-state index contributed by atoms with van der Waals surface area (Å²) >= 11 is 0. The molecule has 0 saturated carbocycles. The molecular formula is C13H21NO. The van der Waals surface area contributed by atoms with Crippen molar-refractivity contribution in [3.63, 3.8) is 0 Å². The maximum Gasteiger partial charge on any atom is 0.122 e. The first-order chi connectivity index (χ1) is 7.31. The monoisotopic (exact) mass is 207 g/mol. The third-order valence-corrected chi connectivity index (χ3v) is 2.60. The van der Waals surface area contributed by atoms with Gasteiger partial charge in [-0.3, -0.25) is 0 Å². The Hall–Kier alpha value is -1.02. The highest BCUT2D eigenvalue weighted by Crippen LogP contribution is 2.24. The maximum atomic E-state index is 5.29. The summed E-state index contributed by atoms with van der Waals surface area (Å²) in [7, 11) is 1.73. The van der Waals surface area contributed by atoms with Gasteiger partial charge in [-0.2, -0.15) is 0 Å². The number of ether oxygens (including phenoxy) is 1. The summed E-state index contributed by atoms with van der Waals surface area (Å²) in [6.07, 6.45) is 1.12. The molecule has 1 N–H and O–H groups in total. The molecule has 1 aliphatic heterocycles. The second kappa shape index (κ2) is 5.76. The predicted molar refractivity (Wildman–Crippen MR) is 64.5 cm³/mol. The van der Waals surface area contributed by atoms with Gasteiger partial charge >= 0.3 is 0 Å². The van der Waals surface area contributed by atoms with E-state index >= 15 is 0 Å². The number of hydrogen-bond acceptors (Lipinski definition) is 2. The van der Waals surface area contributed by atoms with E-state index in [0.717, 1.165) is 25.3 Å². The van der Waals surface area contributed by atoms with E-state index in [1.165, 1.54) is 16.7 Å². The SMILES string of the molecule is CC.COc1cc2c(cc1C)CNCC2. The molecule has 0 fully saturated rings. The van der Waals surface area contributed by atoms with E-state index in [-0.39, 0.29) is 0 Å². The summed E-state index contributed by atoms with van der Waals surface area (Å²) in [5.41, 5.74) is 4.08. The topological polar surface area (TPSA) is 21.3 Å². The lowest BCUT2D eigenvalue weighted by molar-refractivity contribution is 0.410. The molecule has 0 aromatic heterocycles. The largest absolute Gasteiger partial charge is 0.496 e. The Kier molecular flexibility index (Phi) is 4.63. The molecule has 1 heterocycles. The Bertz CT molecular complexity index is 321. The molecular weight excluding hydrogens is 186 g/mol. The molecule has 2 heteroatoms. The second-order valence-electron chi connectivity index (χ2n) is 3.52. The van der Waals surface area contributed by atoms with Gasteiger partial charge in [-0.05, 0) is 42.6 Å². The summed E-state index contributed by atoms with van der Waals surface area (Å²) < 4.78 is 5.29. The van der Waals surface area contributed by atoms with Gasteiger partial charge in [-0.15, -0.1) is 0 Å². The van der Waals surface area contributed by atoms with Crippen LogP contribution in [0.2, 0.25) is 0 Å². The summed E-state index contributed by atoms with van der Waals surface area (Å²) in [5, 5.41) is 3.36. The summed E-state index contributed by atoms with van der Waals surface area (Å²) in [4.78, 5) is 0. The standard InChI is InChI=1S/C11H15NO.C2H6/c1-8-5-10-7-12-4-3-9(10)6-11(8)13-2;1-2/h5-6,12H,3-4,7H2,1-2H3;1-2H3. The van der Waals surface area contributed by atoms with Gasteiger partial charge in [0.2, 0.25) is 0 Å². The van der Waals surface area contributed by atoms with Crippen LogP contribution in [-0.2, 0) is 13.0 Å². The number of hydrogen-bond donors (Lipinski definition) is 1. The fourth-order valence-corrected chi connectivity index (χ4v) is 1.85. The van der Waals surface area contributed by atoms with E-state index in [4.69, 9.17) is 4.74 Å². The molecule has 1 aliphatic rings. The average molecular weight is 207 g/mol. The van der Waals surface area contributed by atoms with Gasteiger partial charge in [-0.1, -0.05) is 19.9 Å². The third-order valence-electron chi connectivity index (χ3n) is 2.60. The van der Waals surface area contributed by atoms with Gasteiger partial charge < -0.3 is 10.1 Å². The zero-order chi connectivity index (χ0) is 11.3. The minimum atomic E-state index is 1.00. The normalized spacial score (nSPS) is 13.6. The van der Waals surface area contributed by atoms with Crippen LogP contribution >= 0.6 is 0 Å². The summed E-state index contributed by atoms with van der Waals surface area (Å²) in [6, 6.07) is 4.39. The van der Waals surface area contributed by atoms with Crippen LogP contribution in [0.3, 0.4) is 0 Å². The molecule has 0 unspecified atom stereocenters. The number of fused-ring (bicyclic) bond motifs is 1. The van der Waals surface area contributed by atoms with Crippen molar-refractivity contribution in [3.05, 3.63) is 28.8 Å². The highest BCUT2D eigenvalue weighted by atomic mass is 16.5. The van der Waals surface area contributed by atoms with Crippen LogP contribution in [0.25, 0.3) is 0 Å². The smallest absolute Gasteiger partial charge is 0.122 e. The van der Waals surface area contributed by atoms with Gasteiger partial charge in [0.15, 0.2) is 0 Å². The van der Waals surface area contributed by atoms with E-state index in [9.17, 15) is 0 Å². The lowest BCUT2D eigenvalue weighted by atomic mass is 9.98. The zero-order valence-electron chi connectivity index (χ0n) is 10.2. The van der Waals surface area contributed by atoms with Crippen molar-refractivity contribution >= 4 is 0 Å². The van der Waals surface area contributed by atoms with E-state index in [2.05, 4.69) is 24.4 Å². The van der Waals surface area contributed by atoms with Gasteiger partial charge in [0.25, 0.3) is 0 Å². The first-order valence-electron chi connectivity index (χ1n) is 5.68. The molecule has 0 saturated heterocycles. The minimum Gasteiger partial charge on any atom is -0.496 e. The zero-order valence-corrected chi connectivity index (χ0v) is 10.2. The Morgan fingerprint density at radius 3 is 2.60 bits per heavy atom. The summed E-state index contributed by atoms with van der Waals surface area (Å²) in [5.74, 6) is 1.01. The number of methoxy groups -OCH3 is 1. The second-order valence-corrected chi connectivity index (χ2v) is 3.52. The molecule has 1 aromatic rings. The summed E-state index contributed by atoms with van der Waals surface area (Å²) in [6.45, 7) is 8.17. The number of rotatable bonds is 1. The van der Waals surface area contributed by atoms with E-state index < -0.39 is 0 Å². The van der Waals surface area contributed by atoms with E-state index in [1.54, 1.807) is 7.11 Å². The van der Waals surface area contributed by atoms with Crippen LogP contribution in [0.5, 0.6) is 5.75 Å². The van der Waals surface area contributed by atoms with Crippen LogP contribution in [0, 0.1) is 6.92 Å². The van der Waals surface area contributed by atoms with Gasteiger partial charge in [0.1, 0.15) is 5.75 Å². The molecule has 15 heavy (non-hydrogen) atoms. The fourth-order valence-electron chi connectivity index (χ4n) is 1.85. The molecule has 84 valence electrons. The number of benzene rings is 1. The highest BCUT2D eigenvalue weighted by Gasteiger charge is 2.10. The van der Waals surface area contributed by atoms with Crippen molar-refractivity contribution in [2.75, 3.05) is 13.7 Å². The Morgan fingerprint density at radius 2 is 1.93 bits per heavy atom. The maximum absolute atomic E-state index is 5.29. The lowest BCUT2D eigenvalue weighted by Gasteiger charge is -2.19. The molecule has 0 aliphatic carbocycles. The van der Waals surface area contributed by atoms with Crippen molar-refractivity contribution < 1.29 is 4.74 Å². The molecule has 0 spiro atoms. The predicted octanol–water partition coefficient (Wildman–Crippen LogP) is 2.68. The first-order valence-corrected chi connectivity index (χ1v) is 5.68. The van der Waals surface area contributed by atoms with Crippen molar-refractivity contribution in [2.24, 2.45) is 0 Å². The van der Waals surface area contributed by atoms with Crippen molar-refractivity contribution in [3.8, 4) is 5.75 Å². The van der Waals surface area contributed by atoms with Crippen molar-refractivity contribution in [1.82, 2.24) is 5.32 Å². The van der Waals surface area contributed by atoms with Gasteiger partial charge in [-0.25, -0.2) is 0 Å². The highest BCUT2D eigenvalue weighted by molar-refractivity contribution is 5.43. The quantitative estimate of drug-likeness (QED) is 0.764. The lowest BCUT2D eigenvalue weighted by Crippen LogP contribution is -2.23. The van der Waals surface area contributed by atoms with Crippen LogP contribution in [-0.4, -0.2) is 13.7 Å². The Morgan fingerprint density at radius 1 is 1.20 bits per heavy atom. The fraction of sp³-hybridized carbons (Fsp3) is 0.538. The minimum absolute atomic E-state index is 1.00. The van der Waals surface area contributed by atoms with E-state index in [0.29, 0.717) is 0 Å². The van der Waals surface area contributed by atoms with Gasteiger partial charge in [0, 0.05) is 6.54 Å². The first kappa shape index (κ1) is 12.1. The molecule has 2 rings (SSSR count). The van der Waals surface area contributed by atoms with Gasteiger partial charge in [0.05, 0.1) is 7.11 Å². The molecule has 0 amide bonds. The molecule has 0 radical (unpaired) electrons. The number of nitrogens with one attached hydrogen (secondary N) is 1. The van der Waals surface area contributed by atoms with Crippen LogP contribution < -0.4 is 10.1 Å². The van der Waals surface area contributed by atoms with Crippen LogP contribution in [0.4, 0.5) is 0 Å². The van der Waals surface area contributed by atoms with Crippen LogP contribution in [0.1, 0.15) is 30.5 Å². The molecule has 0 bridgehead atoms. The molecule has 1 aromatic carbocycles. The number of aryl methyl sites for hydroxylation is 1. The molecule has 0 atom stereocenters. The Balaban J connectivity index is 0.000000531. The van der Waals surface area contributed by atoms with E-state index in [1.807, 2.05) is 13.8 Å². The third kappa shape index (κ3) is 2.72. The van der Waals surface area contributed by atoms with Crippen molar-refractivity contribution in [2.45, 2.75) is 33.7 Å². The van der Waals surface area contributed by atoms with Crippen molar-refractivity contribution in [1.29, 1.82) is 0 Å². The van der Waals surface area contributed by atoms with Crippen LogP contribution in [0.15, 0.2) is 12.1 Å². The average Bonchev–Trinajstić information content (AvgIpc) is 2.31. The molecule has 2 nitrogen and oxygen atoms in total. The Labute approximate surface area is 92.6 Å².